The number of nitrogens with two attached hydrogens (primary N) is 1. The number of amides is 1. The van der Waals surface area contributed by atoms with Gasteiger partial charge in [-0.1, -0.05) is 29.8 Å². The topological polar surface area (TPSA) is 68.3 Å². The van der Waals surface area contributed by atoms with Crippen LogP contribution in [-0.2, 0) is 11.3 Å². The van der Waals surface area contributed by atoms with Crippen molar-refractivity contribution in [1.29, 1.82) is 0 Å². The van der Waals surface area contributed by atoms with Gasteiger partial charge in [0, 0.05) is 22.5 Å². The lowest BCUT2D eigenvalue weighted by atomic mass is 10.1. The molecule has 1 amide bonds. The first-order chi connectivity index (χ1) is 11.0. The van der Waals surface area contributed by atoms with Crippen LogP contribution in [0, 0.1) is 0 Å². The Bertz CT molecular complexity index is 857. The molecule has 1 aromatic heterocycles. The molecule has 0 bridgehead atoms. The van der Waals surface area contributed by atoms with E-state index in [1.165, 1.54) is 0 Å². The highest BCUT2D eigenvalue weighted by atomic mass is 35.5. The van der Waals surface area contributed by atoms with Crippen LogP contribution in [0.3, 0.4) is 0 Å². The van der Waals surface area contributed by atoms with Gasteiger partial charge in [-0.05, 0) is 42.8 Å². The Labute approximate surface area is 139 Å². The molecule has 0 aliphatic carbocycles. The SMILES string of the molecule is CC(NCc1ccc2oc(-c3cccc(Cl)c3)cc2c1)C(N)=O. The highest BCUT2D eigenvalue weighted by Crippen LogP contribution is 2.29. The molecule has 1 heterocycles. The van der Waals surface area contributed by atoms with E-state index in [4.69, 9.17) is 21.8 Å². The number of hydrogen-bond donors (Lipinski definition) is 2. The van der Waals surface area contributed by atoms with E-state index in [9.17, 15) is 4.79 Å². The fourth-order valence-corrected chi connectivity index (χ4v) is 2.55. The third-order valence-electron chi connectivity index (χ3n) is 3.73. The Morgan fingerprint density at radius 1 is 1.26 bits per heavy atom. The van der Waals surface area contributed by atoms with Gasteiger partial charge in [-0.3, -0.25) is 4.79 Å². The van der Waals surface area contributed by atoms with Crippen LogP contribution in [0.5, 0.6) is 0 Å². The Balaban J connectivity index is 1.85. The quantitative estimate of drug-likeness (QED) is 0.750. The summed E-state index contributed by atoms with van der Waals surface area (Å²) in [5, 5.41) is 4.77. The van der Waals surface area contributed by atoms with E-state index < -0.39 is 0 Å². The highest BCUT2D eigenvalue weighted by molar-refractivity contribution is 6.30. The van der Waals surface area contributed by atoms with E-state index in [1.807, 2.05) is 48.5 Å². The van der Waals surface area contributed by atoms with E-state index >= 15 is 0 Å². The van der Waals surface area contributed by atoms with Gasteiger partial charge in [0.05, 0.1) is 6.04 Å². The van der Waals surface area contributed by atoms with Crippen molar-refractivity contribution in [1.82, 2.24) is 5.32 Å². The fraction of sp³-hybridized carbons (Fsp3) is 0.167. The van der Waals surface area contributed by atoms with Gasteiger partial charge in [0.2, 0.25) is 5.91 Å². The van der Waals surface area contributed by atoms with Crippen molar-refractivity contribution in [2.45, 2.75) is 19.5 Å². The summed E-state index contributed by atoms with van der Waals surface area (Å²) in [5.41, 5.74) is 8.05. The van der Waals surface area contributed by atoms with E-state index in [0.29, 0.717) is 11.6 Å². The molecule has 3 rings (SSSR count). The van der Waals surface area contributed by atoms with E-state index in [0.717, 1.165) is 27.9 Å². The van der Waals surface area contributed by atoms with Crippen LogP contribution >= 0.6 is 11.6 Å². The normalized spacial score (nSPS) is 12.4. The van der Waals surface area contributed by atoms with E-state index in [1.54, 1.807) is 6.92 Å². The third-order valence-corrected chi connectivity index (χ3v) is 3.96. The number of carbonyl (C=O) groups is 1. The van der Waals surface area contributed by atoms with Crippen molar-refractivity contribution >= 4 is 28.5 Å². The molecule has 0 saturated carbocycles. The van der Waals surface area contributed by atoms with Crippen LogP contribution in [-0.4, -0.2) is 11.9 Å². The number of fused-ring (bicyclic) bond motifs is 1. The summed E-state index contributed by atoms with van der Waals surface area (Å²) in [6.07, 6.45) is 0. The van der Waals surface area contributed by atoms with Crippen molar-refractivity contribution in [3.63, 3.8) is 0 Å². The average Bonchev–Trinajstić information content (AvgIpc) is 2.95. The lowest BCUT2D eigenvalue weighted by Gasteiger charge is -2.09. The molecule has 118 valence electrons. The maximum atomic E-state index is 11.1. The lowest BCUT2D eigenvalue weighted by Crippen LogP contribution is -2.38. The molecule has 0 aliphatic rings. The molecule has 23 heavy (non-hydrogen) atoms. The molecule has 3 aromatic rings. The number of halogens is 1. The molecule has 3 N–H and O–H groups in total. The van der Waals surface area contributed by atoms with Crippen molar-refractivity contribution < 1.29 is 9.21 Å². The standard InChI is InChI=1S/C18H17ClN2O2/c1-11(18(20)22)21-10-12-5-6-16-14(7-12)9-17(23-16)13-3-2-4-15(19)8-13/h2-9,11,21H,10H2,1H3,(H2,20,22). The van der Waals surface area contributed by atoms with Crippen LogP contribution in [0.15, 0.2) is 52.9 Å². The minimum Gasteiger partial charge on any atom is -0.456 e. The first-order valence-corrected chi connectivity index (χ1v) is 7.72. The number of benzene rings is 2. The number of rotatable bonds is 5. The van der Waals surface area contributed by atoms with Crippen LogP contribution in [0.4, 0.5) is 0 Å². The van der Waals surface area contributed by atoms with Gasteiger partial charge in [-0.2, -0.15) is 0 Å². The summed E-state index contributed by atoms with van der Waals surface area (Å²) >= 11 is 6.03. The Morgan fingerprint density at radius 2 is 2.09 bits per heavy atom. The maximum Gasteiger partial charge on any atom is 0.234 e. The molecule has 2 aromatic carbocycles. The largest absolute Gasteiger partial charge is 0.456 e. The maximum absolute atomic E-state index is 11.1. The summed E-state index contributed by atoms with van der Waals surface area (Å²) in [5.74, 6) is 0.413. The first kappa shape index (κ1) is 15.6. The molecule has 0 spiro atoms. The van der Waals surface area contributed by atoms with Crippen molar-refractivity contribution in [2.24, 2.45) is 5.73 Å². The van der Waals surface area contributed by atoms with Crippen molar-refractivity contribution in [3.05, 3.63) is 59.1 Å². The minimum atomic E-state index is -0.364. The summed E-state index contributed by atoms with van der Waals surface area (Å²) in [7, 11) is 0. The van der Waals surface area contributed by atoms with Gasteiger partial charge < -0.3 is 15.5 Å². The number of carbonyl (C=O) groups excluding carboxylic acids is 1. The summed E-state index contributed by atoms with van der Waals surface area (Å²) in [6.45, 7) is 2.31. The molecular weight excluding hydrogens is 312 g/mol. The molecule has 1 unspecified atom stereocenters. The van der Waals surface area contributed by atoms with Crippen LogP contribution < -0.4 is 11.1 Å². The number of nitrogens with one attached hydrogen (secondary N) is 1. The summed E-state index contributed by atoms with van der Waals surface area (Å²) in [4.78, 5) is 11.1. The second-order valence-corrected chi connectivity index (χ2v) is 5.93. The minimum absolute atomic E-state index is 0.363. The molecule has 5 heteroatoms. The van der Waals surface area contributed by atoms with Gasteiger partial charge in [-0.15, -0.1) is 0 Å². The smallest absolute Gasteiger partial charge is 0.234 e. The van der Waals surface area contributed by atoms with E-state index in [2.05, 4.69) is 5.32 Å². The van der Waals surface area contributed by atoms with E-state index in [-0.39, 0.29) is 11.9 Å². The predicted octanol–water partition coefficient (Wildman–Crippen LogP) is 3.72. The highest BCUT2D eigenvalue weighted by Gasteiger charge is 2.10. The van der Waals surface area contributed by atoms with Gasteiger partial charge in [0.15, 0.2) is 0 Å². The Morgan fingerprint density at radius 3 is 2.83 bits per heavy atom. The van der Waals surface area contributed by atoms with Crippen molar-refractivity contribution in [3.8, 4) is 11.3 Å². The van der Waals surface area contributed by atoms with Gasteiger partial charge >= 0.3 is 0 Å². The van der Waals surface area contributed by atoms with Crippen LogP contribution in [0.25, 0.3) is 22.3 Å². The lowest BCUT2D eigenvalue weighted by molar-refractivity contribution is -0.119. The first-order valence-electron chi connectivity index (χ1n) is 7.34. The number of furan rings is 1. The van der Waals surface area contributed by atoms with Gasteiger partial charge in [0.25, 0.3) is 0 Å². The summed E-state index contributed by atoms with van der Waals surface area (Å²) < 4.78 is 5.87. The molecule has 1 atom stereocenters. The second-order valence-electron chi connectivity index (χ2n) is 5.50. The zero-order valence-corrected chi connectivity index (χ0v) is 13.4. The van der Waals surface area contributed by atoms with Gasteiger partial charge in [-0.25, -0.2) is 0 Å². The molecular formula is C18H17ClN2O2. The molecule has 0 saturated heterocycles. The van der Waals surface area contributed by atoms with Crippen molar-refractivity contribution in [2.75, 3.05) is 0 Å². The Kier molecular flexibility index (Phi) is 4.37. The van der Waals surface area contributed by atoms with Crippen LogP contribution in [0.2, 0.25) is 5.02 Å². The average molecular weight is 329 g/mol. The van der Waals surface area contributed by atoms with Crippen LogP contribution in [0.1, 0.15) is 12.5 Å². The summed E-state index contributed by atoms with van der Waals surface area (Å²) in [6, 6.07) is 15.1. The Hall–Kier alpha value is -2.30. The fourth-order valence-electron chi connectivity index (χ4n) is 2.36. The molecule has 0 fully saturated rings. The number of primary amides is 1. The van der Waals surface area contributed by atoms with Gasteiger partial charge in [0.1, 0.15) is 11.3 Å². The molecule has 0 aliphatic heterocycles. The second kappa shape index (κ2) is 6.44. The number of hydrogen-bond acceptors (Lipinski definition) is 3. The third kappa shape index (κ3) is 3.55. The molecule has 4 nitrogen and oxygen atoms in total. The predicted molar refractivity (Wildman–Crippen MR) is 92.2 cm³/mol. The molecule has 0 radical (unpaired) electrons. The zero-order chi connectivity index (χ0) is 16.4. The monoisotopic (exact) mass is 328 g/mol. The zero-order valence-electron chi connectivity index (χ0n) is 12.7.